The summed E-state index contributed by atoms with van der Waals surface area (Å²) < 4.78 is 0. The summed E-state index contributed by atoms with van der Waals surface area (Å²) in [5, 5.41) is 9.78. The van der Waals surface area contributed by atoms with E-state index in [-0.39, 0.29) is 11.7 Å². The molecular formula is C18H25NO2. The van der Waals surface area contributed by atoms with Gasteiger partial charge in [0.2, 0.25) is 0 Å². The zero-order chi connectivity index (χ0) is 14.9. The molecular weight excluding hydrogens is 262 g/mol. The number of nitrogens with zero attached hydrogens (tertiary/aromatic N) is 1. The van der Waals surface area contributed by atoms with Crippen LogP contribution in [0.3, 0.4) is 0 Å². The van der Waals surface area contributed by atoms with Crippen molar-refractivity contribution in [3.8, 4) is 5.75 Å². The Labute approximate surface area is 127 Å². The Morgan fingerprint density at radius 3 is 2.43 bits per heavy atom. The SMILES string of the molecule is Cc1c(O)cccc1C(=O)N1CCC2(CCCCC2)CC1. The van der Waals surface area contributed by atoms with Crippen molar-refractivity contribution in [1.29, 1.82) is 0 Å². The number of aromatic hydroxyl groups is 1. The number of hydrogen-bond acceptors (Lipinski definition) is 2. The van der Waals surface area contributed by atoms with E-state index in [0.29, 0.717) is 16.5 Å². The summed E-state index contributed by atoms with van der Waals surface area (Å²) in [6.45, 7) is 3.55. The molecule has 1 amide bonds. The van der Waals surface area contributed by atoms with Gasteiger partial charge in [0.15, 0.2) is 0 Å². The highest BCUT2D eigenvalue weighted by Crippen LogP contribution is 2.44. The number of hydrogen-bond donors (Lipinski definition) is 1. The van der Waals surface area contributed by atoms with Gasteiger partial charge in [-0.2, -0.15) is 0 Å². The Morgan fingerprint density at radius 2 is 1.76 bits per heavy atom. The summed E-state index contributed by atoms with van der Waals surface area (Å²) in [5.74, 6) is 0.288. The Hall–Kier alpha value is -1.51. The topological polar surface area (TPSA) is 40.5 Å². The van der Waals surface area contributed by atoms with Crippen LogP contribution in [0.5, 0.6) is 5.75 Å². The maximum atomic E-state index is 12.7. The molecule has 0 unspecified atom stereocenters. The van der Waals surface area contributed by atoms with Gasteiger partial charge in [0, 0.05) is 24.2 Å². The standard InChI is InChI=1S/C18H25NO2/c1-14-15(6-5-7-16(14)20)17(21)19-12-10-18(11-13-19)8-3-2-4-9-18/h5-7,20H,2-4,8-13H2,1H3. The number of phenolic OH excluding ortho intramolecular Hbond substituents is 1. The van der Waals surface area contributed by atoms with Crippen molar-refractivity contribution < 1.29 is 9.90 Å². The van der Waals surface area contributed by atoms with E-state index in [9.17, 15) is 9.90 Å². The Morgan fingerprint density at radius 1 is 1.10 bits per heavy atom. The van der Waals surface area contributed by atoms with Crippen molar-refractivity contribution >= 4 is 5.91 Å². The third-order valence-electron chi connectivity index (χ3n) is 5.56. The van der Waals surface area contributed by atoms with E-state index in [1.165, 1.54) is 32.1 Å². The lowest BCUT2D eigenvalue weighted by molar-refractivity contribution is 0.0471. The van der Waals surface area contributed by atoms with Gasteiger partial charge in [-0.3, -0.25) is 4.79 Å². The first-order valence-electron chi connectivity index (χ1n) is 8.19. The average Bonchev–Trinajstić information content (AvgIpc) is 2.51. The number of carbonyl (C=O) groups is 1. The first-order valence-corrected chi connectivity index (χ1v) is 8.19. The largest absolute Gasteiger partial charge is 0.508 e. The maximum absolute atomic E-state index is 12.7. The number of phenols is 1. The number of benzene rings is 1. The van der Waals surface area contributed by atoms with Crippen molar-refractivity contribution in [1.82, 2.24) is 4.90 Å². The number of amides is 1. The van der Waals surface area contributed by atoms with Gasteiger partial charge in [-0.15, -0.1) is 0 Å². The first kappa shape index (κ1) is 14.4. The molecule has 0 aromatic heterocycles. The quantitative estimate of drug-likeness (QED) is 0.851. The second-order valence-corrected chi connectivity index (χ2v) is 6.80. The van der Waals surface area contributed by atoms with Crippen molar-refractivity contribution in [3.63, 3.8) is 0 Å². The molecule has 1 saturated heterocycles. The minimum absolute atomic E-state index is 0.0778. The molecule has 1 aromatic rings. The molecule has 0 bridgehead atoms. The van der Waals surface area contributed by atoms with E-state index < -0.39 is 0 Å². The van der Waals surface area contributed by atoms with Gasteiger partial charge in [0.1, 0.15) is 5.75 Å². The molecule has 2 aliphatic rings. The lowest BCUT2D eigenvalue weighted by Gasteiger charge is -2.44. The van der Waals surface area contributed by atoms with Crippen LogP contribution >= 0.6 is 0 Å². The van der Waals surface area contributed by atoms with Crippen LogP contribution in [0.1, 0.15) is 60.9 Å². The summed E-state index contributed by atoms with van der Waals surface area (Å²) >= 11 is 0. The Kier molecular flexibility index (Phi) is 3.92. The zero-order valence-electron chi connectivity index (χ0n) is 12.9. The van der Waals surface area contributed by atoms with Crippen LogP contribution in [0.15, 0.2) is 18.2 Å². The van der Waals surface area contributed by atoms with Crippen LogP contribution in [0.25, 0.3) is 0 Å². The van der Waals surface area contributed by atoms with Crippen LogP contribution in [0.4, 0.5) is 0 Å². The van der Waals surface area contributed by atoms with E-state index in [1.807, 2.05) is 17.9 Å². The van der Waals surface area contributed by atoms with Gasteiger partial charge in [0.05, 0.1) is 0 Å². The Bertz CT molecular complexity index is 522. The van der Waals surface area contributed by atoms with Crippen LogP contribution in [0.2, 0.25) is 0 Å². The van der Waals surface area contributed by atoms with Gasteiger partial charge < -0.3 is 10.0 Å². The highest BCUT2D eigenvalue weighted by atomic mass is 16.3. The molecule has 3 nitrogen and oxygen atoms in total. The monoisotopic (exact) mass is 287 g/mol. The smallest absolute Gasteiger partial charge is 0.254 e. The summed E-state index contributed by atoms with van der Waals surface area (Å²) in [5.41, 5.74) is 1.86. The van der Waals surface area contributed by atoms with Gasteiger partial charge in [-0.25, -0.2) is 0 Å². The van der Waals surface area contributed by atoms with Crippen molar-refractivity contribution in [3.05, 3.63) is 29.3 Å². The van der Waals surface area contributed by atoms with E-state index in [0.717, 1.165) is 25.9 Å². The third kappa shape index (κ3) is 2.78. The maximum Gasteiger partial charge on any atom is 0.254 e. The number of carbonyl (C=O) groups excluding carboxylic acids is 1. The van der Waals surface area contributed by atoms with Gasteiger partial charge in [0.25, 0.3) is 5.91 Å². The third-order valence-corrected chi connectivity index (χ3v) is 5.56. The van der Waals surface area contributed by atoms with Crippen LogP contribution in [-0.4, -0.2) is 29.0 Å². The minimum atomic E-state index is 0.0778. The van der Waals surface area contributed by atoms with Crippen LogP contribution in [0, 0.1) is 12.3 Å². The molecule has 1 heterocycles. The number of likely N-dealkylation sites (tertiary alicyclic amines) is 1. The van der Waals surface area contributed by atoms with Gasteiger partial charge in [-0.1, -0.05) is 25.3 Å². The van der Waals surface area contributed by atoms with E-state index in [2.05, 4.69) is 0 Å². The molecule has 1 spiro atoms. The summed E-state index contributed by atoms with van der Waals surface area (Å²) in [7, 11) is 0. The molecule has 114 valence electrons. The van der Waals surface area contributed by atoms with Crippen molar-refractivity contribution in [2.75, 3.05) is 13.1 Å². The molecule has 0 atom stereocenters. The second-order valence-electron chi connectivity index (χ2n) is 6.80. The number of rotatable bonds is 1. The molecule has 1 saturated carbocycles. The lowest BCUT2D eigenvalue weighted by atomic mass is 9.68. The fourth-order valence-electron chi connectivity index (χ4n) is 4.01. The fourth-order valence-corrected chi connectivity index (χ4v) is 4.01. The molecule has 21 heavy (non-hydrogen) atoms. The lowest BCUT2D eigenvalue weighted by Crippen LogP contribution is -2.44. The molecule has 0 radical (unpaired) electrons. The first-order chi connectivity index (χ1) is 10.1. The van der Waals surface area contributed by atoms with Gasteiger partial charge >= 0.3 is 0 Å². The van der Waals surface area contributed by atoms with Crippen LogP contribution in [-0.2, 0) is 0 Å². The second kappa shape index (κ2) is 5.70. The predicted molar refractivity (Wildman–Crippen MR) is 83.5 cm³/mol. The van der Waals surface area contributed by atoms with Crippen molar-refractivity contribution in [2.24, 2.45) is 5.41 Å². The summed E-state index contributed by atoms with van der Waals surface area (Å²) in [6, 6.07) is 5.21. The molecule has 1 aliphatic heterocycles. The predicted octanol–water partition coefficient (Wildman–Crippen LogP) is 3.89. The molecule has 1 N–H and O–H groups in total. The molecule has 1 aromatic carbocycles. The Balaban J connectivity index is 1.69. The molecule has 3 heteroatoms. The van der Waals surface area contributed by atoms with E-state index >= 15 is 0 Å². The van der Waals surface area contributed by atoms with Gasteiger partial charge in [-0.05, 0) is 50.2 Å². The van der Waals surface area contributed by atoms with Crippen molar-refractivity contribution in [2.45, 2.75) is 51.9 Å². The molecule has 2 fully saturated rings. The summed E-state index contributed by atoms with van der Waals surface area (Å²) in [4.78, 5) is 14.6. The van der Waals surface area contributed by atoms with E-state index in [1.54, 1.807) is 12.1 Å². The average molecular weight is 287 g/mol. The fraction of sp³-hybridized carbons (Fsp3) is 0.611. The summed E-state index contributed by atoms with van der Waals surface area (Å²) in [6.07, 6.45) is 9.10. The van der Waals surface area contributed by atoms with E-state index in [4.69, 9.17) is 0 Å². The highest BCUT2D eigenvalue weighted by molar-refractivity contribution is 5.96. The molecule has 1 aliphatic carbocycles. The normalized spacial score (nSPS) is 21.5. The zero-order valence-corrected chi connectivity index (χ0v) is 12.9. The minimum Gasteiger partial charge on any atom is -0.508 e. The highest BCUT2D eigenvalue weighted by Gasteiger charge is 2.36. The molecule has 3 rings (SSSR count). The number of piperidine rings is 1. The van der Waals surface area contributed by atoms with Crippen LogP contribution < -0.4 is 0 Å².